The van der Waals surface area contributed by atoms with Crippen LogP contribution in [0.1, 0.15) is 25.3 Å². The van der Waals surface area contributed by atoms with E-state index in [1.165, 1.54) is 5.56 Å². The molecule has 25 heavy (non-hydrogen) atoms. The Kier molecular flexibility index (Phi) is 7.20. The summed E-state index contributed by atoms with van der Waals surface area (Å²) in [6.07, 6.45) is 1.66. The maximum absolute atomic E-state index is 12.2. The number of nitrogens with one attached hydrogen (secondary N) is 1. The predicted molar refractivity (Wildman–Crippen MR) is 103 cm³/mol. The molecule has 0 aromatic heterocycles. The normalized spacial score (nSPS) is 12.6. The minimum absolute atomic E-state index is 0.00286. The van der Waals surface area contributed by atoms with Crippen LogP contribution in [0.4, 0.5) is 0 Å². The van der Waals surface area contributed by atoms with Crippen LogP contribution in [0.3, 0.4) is 0 Å². The molecule has 1 amide bonds. The summed E-state index contributed by atoms with van der Waals surface area (Å²) >= 11 is 3.27. The highest BCUT2D eigenvalue weighted by Crippen LogP contribution is 2.16. The number of rotatable bonds is 8. The molecule has 0 aliphatic rings. The lowest BCUT2D eigenvalue weighted by Crippen LogP contribution is -2.33. The van der Waals surface area contributed by atoms with Gasteiger partial charge in [-0.3, -0.25) is 4.79 Å². The Balaban J connectivity index is 1.78. The number of aryl methyl sites for hydroxylation is 1. The van der Waals surface area contributed by atoms with Gasteiger partial charge < -0.3 is 5.32 Å². The number of hydrogen-bond acceptors (Lipinski definition) is 3. The van der Waals surface area contributed by atoms with Gasteiger partial charge in [0.25, 0.3) is 0 Å². The fourth-order valence-corrected chi connectivity index (χ4v) is 3.94. The van der Waals surface area contributed by atoms with E-state index in [2.05, 4.69) is 33.4 Å². The lowest BCUT2D eigenvalue weighted by molar-refractivity contribution is -0.121. The molecule has 2 rings (SSSR count). The van der Waals surface area contributed by atoms with E-state index in [4.69, 9.17) is 0 Å². The molecule has 1 N–H and O–H groups in total. The fourth-order valence-electron chi connectivity index (χ4n) is 2.43. The van der Waals surface area contributed by atoms with Crippen LogP contribution in [0.15, 0.2) is 64.0 Å². The standard InChI is InChI=1S/C19H22BrNO3S/c1-15(7-8-16-5-3-2-4-6-16)21-19(22)13-14-25(23,24)18-11-9-17(20)10-12-18/h2-6,9-12,15H,7-8,13-14H2,1H3,(H,21,22)/t15-/m1/s1. The van der Waals surface area contributed by atoms with E-state index < -0.39 is 9.84 Å². The summed E-state index contributed by atoms with van der Waals surface area (Å²) in [6.45, 7) is 1.93. The van der Waals surface area contributed by atoms with E-state index in [1.54, 1.807) is 24.3 Å². The second-order valence-electron chi connectivity index (χ2n) is 6.02. The van der Waals surface area contributed by atoms with Crippen LogP contribution in [0.5, 0.6) is 0 Å². The molecule has 0 aliphatic carbocycles. The highest BCUT2D eigenvalue weighted by Gasteiger charge is 2.17. The van der Waals surface area contributed by atoms with Gasteiger partial charge in [0, 0.05) is 16.9 Å². The number of carbonyl (C=O) groups is 1. The molecule has 0 bridgehead atoms. The third-order valence-corrected chi connectivity index (χ3v) is 6.15. The molecule has 0 radical (unpaired) electrons. The van der Waals surface area contributed by atoms with Crippen molar-refractivity contribution in [3.8, 4) is 0 Å². The Bertz CT molecular complexity index is 789. The van der Waals surface area contributed by atoms with Crippen LogP contribution < -0.4 is 5.32 Å². The molecule has 0 unspecified atom stereocenters. The number of benzene rings is 2. The minimum atomic E-state index is -3.44. The third kappa shape index (κ3) is 6.63. The largest absolute Gasteiger partial charge is 0.354 e. The molecule has 2 aromatic rings. The number of amides is 1. The molecular formula is C19H22BrNO3S. The monoisotopic (exact) mass is 423 g/mol. The maximum atomic E-state index is 12.2. The summed E-state index contributed by atoms with van der Waals surface area (Å²) in [5, 5.41) is 2.87. The highest BCUT2D eigenvalue weighted by atomic mass is 79.9. The van der Waals surface area contributed by atoms with Crippen LogP contribution in [0.2, 0.25) is 0 Å². The Morgan fingerprint density at radius 1 is 1.08 bits per heavy atom. The first-order valence-electron chi connectivity index (χ1n) is 8.18. The molecule has 1 atom stereocenters. The van der Waals surface area contributed by atoms with E-state index in [-0.39, 0.29) is 29.0 Å². The van der Waals surface area contributed by atoms with E-state index in [1.807, 2.05) is 25.1 Å². The molecule has 2 aromatic carbocycles. The van der Waals surface area contributed by atoms with Crippen LogP contribution >= 0.6 is 15.9 Å². The van der Waals surface area contributed by atoms with Gasteiger partial charge in [0.15, 0.2) is 9.84 Å². The molecule has 0 saturated carbocycles. The van der Waals surface area contributed by atoms with Gasteiger partial charge in [0.2, 0.25) is 5.91 Å². The second kappa shape index (κ2) is 9.15. The molecule has 6 heteroatoms. The van der Waals surface area contributed by atoms with Gasteiger partial charge in [-0.15, -0.1) is 0 Å². The van der Waals surface area contributed by atoms with Crippen LogP contribution in [0, 0.1) is 0 Å². The fraction of sp³-hybridized carbons (Fsp3) is 0.316. The molecule has 134 valence electrons. The lowest BCUT2D eigenvalue weighted by Gasteiger charge is -2.14. The first kappa shape index (κ1) is 19.7. The number of carbonyl (C=O) groups excluding carboxylic acids is 1. The summed E-state index contributed by atoms with van der Waals surface area (Å²) in [6, 6.07) is 16.5. The van der Waals surface area contributed by atoms with Crippen molar-refractivity contribution in [2.45, 2.75) is 37.1 Å². The van der Waals surface area contributed by atoms with Gasteiger partial charge in [-0.1, -0.05) is 46.3 Å². The Morgan fingerprint density at radius 2 is 1.72 bits per heavy atom. The molecule has 0 spiro atoms. The zero-order valence-corrected chi connectivity index (χ0v) is 16.5. The van der Waals surface area contributed by atoms with Crippen LogP contribution in [-0.4, -0.2) is 26.1 Å². The Hall–Kier alpha value is -1.66. The quantitative estimate of drug-likeness (QED) is 0.702. The van der Waals surface area contributed by atoms with Gasteiger partial charge in [-0.25, -0.2) is 8.42 Å². The van der Waals surface area contributed by atoms with E-state index in [9.17, 15) is 13.2 Å². The van der Waals surface area contributed by atoms with Crippen molar-refractivity contribution in [3.63, 3.8) is 0 Å². The van der Waals surface area contributed by atoms with Crippen LogP contribution in [0.25, 0.3) is 0 Å². The van der Waals surface area contributed by atoms with E-state index in [0.29, 0.717) is 0 Å². The SMILES string of the molecule is C[C@H](CCc1ccccc1)NC(=O)CCS(=O)(=O)c1ccc(Br)cc1. The van der Waals surface area contributed by atoms with Crippen molar-refractivity contribution in [2.75, 3.05) is 5.75 Å². The lowest BCUT2D eigenvalue weighted by atomic mass is 10.1. The Labute approximate surface area is 157 Å². The van der Waals surface area contributed by atoms with Gasteiger partial charge in [0.05, 0.1) is 10.6 Å². The zero-order valence-electron chi connectivity index (χ0n) is 14.1. The smallest absolute Gasteiger partial charge is 0.221 e. The summed E-state index contributed by atoms with van der Waals surface area (Å²) in [7, 11) is -3.44. The topological polar surface area (TPSA) is 63.2 Å². The van der Waals surface area contributed by atoms with E-state index in [0.717, 1.165) is 17.3 Å². The number of hydrogen-bond donors (Lipinski definition) is 1. The van der Waals surface area contributed by atoms with Crippen molar-refractivity contribution < 1.29 is 13.2 Å². The highest BCUT2D eigenvalue weighted by molar-refractivity contribution is 9.10. The maximum Gasteiger partial charge on any atom is 0.221 e. The third-order valence-electron chi connectivity index (χ3n) is 3.89. The molecular weight excluding hydrogens is 402 g/mol. The molecule has 4 nitrogen and oxygen atoms in total. The first-order chi connectivity index (χ1) is 11.9. The van der Waals surface area contributed by atoms with Gasteiger partial charge in [0.1, 0.15) is 0 Å². The average molecular weight is 424 g/mol. The summed E-state index contributed by atoms with van der Waals surface area (Å²) in [5.74, 6) is -0.424. The predicted octanol–water partition coefficient (Wildman–Crippen LogP) is 3.75. The van der Waals surface area contributed by atoms with Gasteiger partial charge >= 0.3 is 0 Å². The van der Waals surface area contributed by atoms with Crippen molar-refractivity contribution in [3.05, 3.63) is 64.6 Å². The number of sulfone groups is 1. The van der Waals surface area contributed by atoms with Gasteiger partial charge in [-0.2, -0.15) is 0 Å². The second-order valence-corrected chi connectivity index (χ2v) is 9.04. The Morgan fingerprint density at radius 3 is 2.36 bits per heavy atom. The molecule has 0 saturated heterocycles. The summed E-state index contributed by atoms with van der Waals surface area (Å²) in [5.41, 5.74) is 1.22. The first-order valence-corrected chi connectivity index (χ1v) is 10.6. The molecule has 0 heterocycles. The molecule has 0 aliphatic heterocycles. The average Bonchev–Trinajstić information content (AvgIpc) is 2.60. The van der Waals surface area contributed by atoms with E-state index >= 15 is 0 Å². The molecule has 0 fully saturated rings. The minimum Gasteiger partial charge on any atom is -0.354 e. The zero-order chi connectivity index (χ0) is 18.3. The van der Waals surface area contributed by atoms with Crippen molar-refractivity contribution in [1.29, 1.82) is 0 Å². The summed E-state index contributed by atoms with van der Waals surface area (Å²) < 4.78 is 25.3. The van der Waals surface area contributed by atoms with Crippen LogP contribution in [-0.2, 0) is 21.1 Å². The van der Waals surface area contributed by atoms with Gasteiger partial charge in [-0.05, 0) is 49.6 Å². The van der Waals surface area contributed by atoms with Crippen molar-refractivity contribution in [2.24, 2.45) is 0 Å². The number of halogens is 1. The summed E-state index contributed by atoms with van der Waals surface area (Å²) in [4.78, 5) is 12.3. The van der Waals surface area contributed by atoms with Crippen molar-refractivity contribution in [1.82, 2.24) is 5.32 Å². The van der Waals surface area contributed by atoms with Crippen molar-refractivity contribution >= 4 is 31.7 Å².